The number of amides is 2. The Kier molecular flexibility index (Phi) is 2.65. The van der Waals surface area contributed by atoms with Crippen molar-refractivity contribution in [3.8, 4) is 0 Å². The summed E-state index contributed by atoms with van der Waals surface area (Å²) in [5.74, 6) is 0.104. The van der Waals surface area contributed by atoms with E-state index in [1.807, 2.05) is 41.1 Å². The van der Waals surface area contributed by atoms with Crippen LogP contribution in [0.15, 0.2) is 41.1 Å². The van der Waals surface area contributed by atoms with Gasteiger partial charge in [0.05, 0.1) is 11.1 Å². The molecule has 1 aromatic carbocycles. The number of para-hydroxylation sites is 1. The van der Waals surface area contributed by atoms with Crippen molar-refractivity contribution in [1.29, 1.82) is 0 Å². The Labute approximate surface area is 126 Å². The van der Waals surface area contributed by atoms with Crippen LogP contribution in [0.3, 0.4) is 0 Å². The van der Waals surface area contributed by atoms with Crippen molar-refractivity contribution in [2.24, 2.45) is 0 Å². The van der Waals surface area contributed by atoms with Gasteiger partial charge in [0.15, 0.2) is 0 Å². The highest BCUT2D eigenvalue weighted by atomic mass is 32.1. The van der Waals surface area contributed by atoms with Gasteiger partial charge in [0.2, 0.25) is 11.8 Å². The van der Waals surface area contributed by atoms with Crippen molar-refractivity contribution in [2.75, 3.05) is 16.8 Å². The average Bonchev–Trinajstić information content (AvgIpc) is 3.10. The van der Waals surface area contributed by atoms with Gasteiger partial charge >= 0.3 is 0 Å². The molecule has 0 saturated carbocycles. The number of anilines is 2. The summed E-state index contributed by atoms with van der Waals surface area (Å²) >= 11 is 1.56. The van der Waals surface area contributed by atoms with Crippen LogP contribution in [0.2, 0.25) is 0 Å². The van der Waals surface area contributed by atoms with Gasteiger partial charge in [-0.05, 0) is 29.5 Å². The number of benzene rings is 1. The minimum atomic E-state index is -0.605. The van der Waals surface area contributed by atoms with Crippen LogP contribution in [0.25, 0.3) is 0 Å². The summed E-state index contributed by atoms with van der Waals surface area (Å²) in [6, 6.07) is 9.72. The molecule has 1 fully saturated rings. The lowest BCUT2D eigenvalue weighted by Crippen LogP contribution is -2.52. The predicted octanol–water partition coefficient (Wildman–Crippen LogP) is 2.77. The number of fused-ring (bicyclic) bond motifs is 2. The maximum atomic E-state index is 12.6. The fraction of sp³-hybridized carbons (Fsp3) is 0.250. The molecule has 1 atom stereocenters. The Morgan fingerprint density at radius 1 is 1.19 bits per heavy atom. The number of carbonyl (C=O) groups excluding carboxylic acids is 2. The van der Waals surface area contributed by atoms with E-state index in [0.29, 0.717) is 19.4 Å². The van der Waals surface area contributed by atoms with E-state index in [1.165, 1.54) is 0 Å². The fourth-order valence-corrected chi connectivity index (χ4v) is 3.96. The van der Waals surface area contributed by atoms with Crippen molar-refractivity contribution in [1.82, 2.24) is 0 Å². The molecule has 4 rings (SSSR count). The standard InChI is InChI=1S/C16H14N2O2S/c19-14-5-7-16(10-18(14)11-6-8-21-9-11)12-3-1-2-4-13(12)17-15(16)20/h1-4,6,8-9H,5,7,10H2,(H,17,20). The fourth-order valence-electron chi connectivity index (χ4n) is 3.32. The normalized spacial score (nSPS) is 24.3. The molecule has 2 aliphatic rings. The first kappa shape index (κ1) is 12.6. The third-order valence-electron chi connectivity index (χ3n) is 4.44. The van der Waals surface area contributed by atoms with Crippen molar-refractivity contribution < 1.29 is 9.59 Å². The number of nitrogens with one attached hydrogen (secondary N) is 1. The number of nitrogens with zero attached hydrogens (tertiary/aromatic N) is 1. The van der Waals surface area contributed by atoms with Crippen molar-refractivity contribution in [2.45, 2.75) is 18.3 Å². The van der Waals surface area contributed by atoms with Gasteiger partial charge < -0.3 is 10.2 Å². The van der Waals surface area contributed by atoms with Gasteiger partial charge in [0, 0.05) is 24.0 Å². The molecule has 1 N–H and O–H groups in total. The van der Waals surface area contributed by atoms with Crippen LogP contribution in [-0.2, 0) is 15.0 Å². The van der Waals surface area contributed by atoms with Crippen LogP contribution in [-0.4, -0.2) is 18.4 Å². The summed E-state index contributed by atoms with van der Waals surface area (Å²) in [7, 11) is 0. The maximum Gasteiger partial charge on any atom is 0.236 e. The van der Waals surface area contributed by atoms with Gasteiger partial charge in [0.25, 0.3) is 0 Å². The van der Waals surface area contributed by atoms with E-state index in [-0.39, 0.29) is 11.8 Å². The van der Waals surface area contributed by atoms with E-state index in [1.54, 1.807) is 16.2 Å². The molecule has 2 aliphatic heterocycles. The average molecular weight is 298 g/mol. The van der Waals surface area contributed by atoms with Crippen LogP contribution in [0.5, 0.6) is 0 Å². The van der Waals surface area contributed by atoms with Gasteiger partial charge in [-0.1, -0.05) is 18.2 Å². The Bertz CT molecular complexity index is 726. The maximum absolute atomic E-state index is 12.6. The lowest BCUT2D eigenvalue weighted by atomic mass is 9.75. The molecule has 1 aromatic heterocycles. The van der Waals surface area contributed by atoms with Gasteiger partial charge in [-0.3, -0.25) is 9.59 Å². The van der Waals surface area contributed by atoms with E-state index >= 15 is 0 Å². The van der Waals surface area contributed by atoms with Crippen LogP contribution < -0.4 is 10.2 Å². The zero-order valence-electron chi connectivity index (χ0n) is 11.3. The Hall–Kier alpha value is -2.14. The van der Waals surface area contributed by atoms with Crippen LogP contribution in [0.4, 0.5) is 11.4 Å². The minimum Gasteiger partial charge on any atom is -0.325 e. The molecule has 0 aliphatic carbocycles. The number of carbonyl (C=O) groups is 2. The summed E-state index contributed by atoms with van der Waals surface area (Å²) in [6.45, 7) is 0.422. The largest absolute Gasteiger partial charge is 0.325 e. The second kappa shape index (κ2) is 4.43. The van der Waals surface area contributed by atoms with Gasteiger partial charge in [-0.2, -0.15) is 11.3 Å². The third-order valence-corrected chi connectivity index (χ3v) is 5.11. The lowest BCUT2D eigenvalue weighted by Gasteiger charge is -2.38. The Morgan fingerprint density at radius 3 is 2.86 bits per heavy atom. The molecular weight excluding hydrogens is 284 g/mol. The number of hydrogen-bond acceptors (Lipinski definition) is 3. The molecule has 106 valence electrons. The van der Waals surface area contributed by atoms with Gasteiger partial charge in [-0.25, -0.2) is 0 Å². The number of piperidine rings is 1. The molecule has 0 bridgehead atoms. The first-order chi connectivity index (χ1) is 10.2. The van der Waals surface area contributed by atoms with Crippen molar-refractivity contribution in [3.05, 3.63) is 46.7 Å². The third kappa shape index (κ3) is 1.74. The monoisotopic (exact) mass is 298 g/mol. The van der Waals surface area contributed by atoms with E-state index in [9.17, 15) is 9.59 Å². The van der Waals surface area contributed by atoms with E-state index in [4.69, 9.17) is 0 Å². The molecule has 5 heteroatoms. The highest BCUT2D eigenvalue weighted by Gasteiger charge is 2.51. The van der Waals surface area contributed by atoms with Crippen LogP contribution in [0, 0.1) is 0 Å². The Morgan fingerprint density at radius 2 is 2.05 bits per heavy atom. The minimum absolute atomic E-state index is 0.0106. The molecule has 21 heavy (non-hydrogen) atoms. The van der Waals surface area contributed by atoms with Crippen LogP contribution in [0.1, 0.15) is 18.4 Å². The summed E-state index contributed by atoms with van der Waals surface area (Å²) in [5.41, 5.74) is 2.18. The van der Waals surface area contributed by atoms with Crippen LogP contribution >= 0.6 is 11.3 Å². The zero-order valence-corrected chi connectivity index (χ0v) is 12.2. The highest BCUT2D eigenvalue weighted by molar-refractivity contribution is 7.08. The Balaban J connectivity index is 1.79. The second-order valence-electron chi connectivity index (χ2n) is 5.54. The SMILES string of the molecule is O=C1CCC2(CN1c1ccsc1)C(=O)Nc1ccccc12. The first-order valence-electron chi connectivity index (χ1n) is 6.94. The molecule has 1 unspecified atom stereocenters. The predicted molar refractivity (Wildman–Crippen MR) is 82.7 cm³/mol. The molecule has 2 aromatic rings. The summed E-state index contributed by atoms with van der Waals surface area (Å²) < 4.78 is 0. The number of thiophene rings is 1. The summed E-state index contributed by atoms with van der Waals surface area (Å²) in [5, 5.41) is 6.87. The molecule has 0 radical (unpaired) electrons. The van der Waals surface area contributed by atoms with Gasteiger partial charge in [0.1, 0.15) is 0 Å². The molecule has 3 heterocycles. The number of hydrogen-bond donors (Lipinski definition) is 1. The topological polar surface area (TPSA) is 49.4 Å². The zero-order chi connectivity index (χ0) is 14.4. The molecule has 1 spiro atoms. The van der Waals surface area contributed by atoms with E-state index in [0.717, 1.165) is 16.9 Å². The van der Waals surface area contributed by atoms with E-state index in [2.05, 4.69) is 5.32 Å². The first-order valence-corrected chi connectivity index (χ1v) is 7.88. The lowest BCUT2D eigenvalue weighted by molar-refractivity contribution is -0.125. The second-order valence-corrected chi connectivity index (χ2v) is 6.32. The summed E-state index contributed by atoms with van der Waals surface area (Å²) in [6.07, 6.45) is 0.979. The molecule has 4 nitrogen and oxygen atoms in total. The molecular formula is C16H14N2O2S. The highest BCUT2D eigenvalue weighted by Crippen LogP contribution is 2.44. The van der Waals surface area contributed by atoms with Crippen molar-refractivity contribution >= 4 is 34.5 Å². The molecule has 1 saturated heterocycles. The smallest absolute Gasteiger partial charge is 0.236 e. The molecule has 2 amide bonds. The quantitative estimate of drug-likeness (QED) is 0.880. The van der Waals surface area contributed by atoms with Gasteiger partial charge in [-0.15, -0.1) is 0 Å². The van der Waals surface area contributed by atoms with E-state index < -0.39 is 5.41 Å². The van der Waals surface area contributed by atoms with Crippen molar-refractivity contribution in [3.63, 3.8) is 0 Å². The summed E-state index contributed by atoms with van der Waals surface area (Å²) in [4.78, 5) is 26.6. The number of rotatable bonds is 1.